The molecule has 0 radical (unpaired) electrons. The maximum absolute atomic E-state index is 12.4. The van der Waals surface area contributed by atoms with Gasteiger partial charge in [0, 0.05) is 19.1 Å². The van der Waals surface area contributed by atoms with E-state index >= 15 is 0 Å². The molecule has 0 atom stereocenters. The van der Waals surface area contributed by atoms with Crippen molar-refractivity contribution in [2.45, 2.75) is 56.5 Å². The second-order valence-corrected chi connectivity index (χ2v) is 6.56. The number of carbonyl (C=O) groups is 2. The molecule has 0 aromatic carbocycles. The smallest absolute Gasteiger partial charge is 0.329 e. The number of likely N-dealkylation sites (tertiary alicyclic amines) is 1. The third-order valence-corrected chi connectivity index (χ3v) is 4.94. The van der Waals surface area contributed by atoms with Crippen LogP contribution in [0.1, 0.15) is 44.9 Å². The highest BCUT2D eigenvalue weighted by atomic mass is 16.4. The van der Waals surface area contributed by atoms with Crippen LogP contribution in [0.25, 0.3) is 0 Å². The van der Waals surface area contributed by atoms with Crippen molar-refractivity contribution in [1.82, 2.24) is 15.1 Å². The van der Waals surface area contributed by atoms with E-state index in [2.05, 4.69) is 24.3 Å². The van der Waals surface area contributed by atoms with Crippen molar-refractivity contribution >= 4 is 12.0 Å². The summed E-state index contributed by atoms with van der Waals surface area (Å²) in [6.45, 7) is 1.40. The number of carboxylic acids is 1. The van der Waals surface area contributed by atoms with Gasteiger partial charge in [0.25, 0.3) is 0 Å². The van der Waals surface area contributed by atoms with Gasteiger partial charge in [-0.25, -0.2) is 9.59 Å². The number of nitrogens with one attached hydrogen (secondary N) is 1. The lowest BCUT2D eigenvalue weighted by Gasteiger charge is -2.39. The van der Waals surface area contributed by atoms with Crippen LogP contribution < -0.4 is 5.32 Å². The van der Waals surface area contributed by atoms with E-state index in [1.807, 2.05) is 0 Å². The first kappa shape index (κ1) is 16.1. The summed E-state index contributed by atoms with van der Waals surface area (Å²) in [5.41, 5.74) is -1.05. The summed E-state index contributed by atoms with van der Waals surface area (Å²) >= 11 is 0. The number of piperidine rings is 1. The van der Waals surface area contributed by atoms with Crippen LogP contribution in [0.5, 0.6) is 0 Å². The Hall–Kier alpha value is -1.30. The molecular formula is C15H27N3O3. The quantitative estimate of drug-likeness (QED) is 0.828. The fraction of sp³-hybridized carbons (Fsp3) is 0.867. The molecule has 1 heterocycles. The molecule has 1 aliphatic carbocycles. The summed E-state index contributed by atoms with van der Waals surface area (Å²) in [5, 5.41) is 12.3. The van der Waals surface area contributed by atoms with Gasteiger partial charge in [-0.2, -0.15) is 0 Å². The second kappa shape index (κ2) is 6.64. The van der Waals surface area contributed by atoms with Gasteiger partial charge in [0.05, 0.1) is 0 Å². The third-order valence-electron chi connectivity index (χ3n) is 4.94. The monoisotopic (exact) mass is 297 g/mol. The van der Waals surface area contributed by atoms with E-state index in [1.54, 1.807) is 4.90 Å². The number of nitrogens with zero attached hydrogens (tertiary/aromatic N) is 2. The van der Waals surface area contributed by atoms with Crippen LogP contribution in [0.2, 0.25) is 0 Å². The standard InChI is InChI=1S/C15H27N3O3/c1-17(2)12-6-10-18(11-7-12)14(21)16-15(13(19)20)8-4-3-5-9-15/h12H,3-11H2,1-2H3,(H,16,21)(H,19,20). The Morgan fingerprint density at radius 1 is 1.14 bits per heavy atom. The zero-order valence-corrected chi connectivity index (χ0v) is 13.1. The van der Waals surface area contributed by atoms with E-state index in [0.29, 0.717) is 32.0 Å². The van der Waals surface area contributed by atoms with Crippen molar-refractivity contribution < 1.29 is 14.7 Å². The molecule has 0 bridgehead atoms. The summed E-state index contributed by atoms with van der Waals surface area (Å²) in [6, 6.07) is 0.300. The van der Waals surface area contributed by atoms with Crippen molar-refractivity contribution in [2.75, 3.05) is 27.2 Å². The molecular weight excluding hydrogens is 270 g/mol. The Bertz CT molecular complexity index is 384. The molecule has 0 unspecified atom stereocenters. The zero-order valence-electron chi connectivity index (χ0n) is 13.1. The molecule has 0 spiro atoms. The van der Waals surface area contributed by atoms with E-state index in [-0.39, 0.29) is 6.03 Å². The topological polar surface area (TPSA) is 72.9 Å². The van der Waals surface area contributed by atoms with Gasteiger partial charge in [0.1, 0.15) is 5.54 Å². The van der Waals surface area contributed by atoms with Crippen molar-refractivity contribution in [1.29, 1.82) is 0 Å². The first-order valence-corrected chi connectivity index (χ1v) is 7.91. The molecule has 6 heteroatoms. The summed E-state index contributed by atoms with van der Waals surface area (Å²) in [6.07, 6.45) is 5.77. The van der Waals surface area contributed by atoms with Crippen molar-refractivity contribution in [2.24, 2.45) is 0 Å². The van der Waals surface area contributed by atoms with Gasteiger partial charge in [-0.05, 0) is 39.8 Å². The first-order chi connectivity index (χ1) is 9.94. The first-order valence-electron chi connectivity index (χ1n) is 7.91. The van der Waals surface area contributed by atoms with Crippen LogP contribution in [0.15, 0.2) is 0 Å². The minimum atomic E-state index is -1.05. The SMILES string of the molecule is CN(C)C1CCN(C(=O)NC2(C(=O)O)CCCCC2)CC1. The molecule has 2 rings (SSSR count). The predicted octanol–water partition coefficient (Wildman–Crippen LogP) is 1.51. The molecule has 1 aliphatic heterocycles. The molecule has 1 saturated heterocycles. The Balaban J connectivity index is 1.93. The minimum absolute atomic E-state index is 0.212. The van der Waals surface area contributed by atoms with E-state index in [4.69, 9.17) is 0 Å². The Morgan fingerprint density at radius 2 is 1.71 bits per heavy atom. The number of hydrogen-bond donors (Lipinski definition) is 2. The second-order valence-electron chi connectivity index (χ2n) is 6.56. The fourth-order valence-electron chi connectivity index (χ4n) is 3.42. The molecule has 2 N–H and O–H groups in total. The molecule has 2 aliphatic rings. The average Bonchev–Trinajstić information content (AvgIpc) is 2.48. The highest BCUT2D eigenvalue weighted by Gasteiger charge is 2.42. The lowest BCUT2D eigenvalue weighted by Crippen LogP contribution is -2.60. The van der Waals surface area contributed by atoms with Gasteiger partial charge in [0.2, 0.25) is 0 Å². The summed E-state index contributed by atoms with van der Waals surface area (Å²) < 4.78 is 0. The number of urea groups is 1. The number of aliphatic carboxylic acids is 1. The fourth-order valence-corrected chi connectivity index (χ4v) is 3.42. The van der Waals surface area contributed by atoms with Crippen molar-refractivity contribution in [3.8, 4) is 0 Å². The maximum atomic E-state index is 12.4. The number of hydrogen-bond acceptors (Lipinski definition) is 3. The normalized spacial score (nSPS) is 23.1. The van der Waals surface area contributed by atoms with Gasteiger partial charge in [-0.3, -0.25) is 0 Å². The van der Waals surface area contributed by atoms with Gasteiger partial charge in [-0.15, -0.1) is 0 Å². The Kier molecular flexibility index (Phi) is 5.08. The molecule has 0 aromatic heterocycles. The summed E-state index contributed by atoms with van der Waals surface area (Å²) in [4.78, 5) is 27.9. The van der Waals surface area contributed by atoms with Gasteiger partial charge >= 0.3 is 12.0 Å². The lowest BCUT2D eigenvalue weighted by molar-refractivity contribution is -0.146. The van der Waals surface area contributed by atoms with Crippen molar-refractivity contribution in [3.63, 3.8) is 0 Å². The molecule has 1 saturated carbocycles. The van der Waals surface area contributed by atoms with Gasteiger partial charge in [0.15, 0.2) is 0 Å². The summed E-state index contributed by atoms with van der Waals surface area (Å²) in [5.74, 6) is -0.890. The van der Waals surface area contributed by atoms with E-state index in [0.717, 1.165) is 32.1 Å². The van der Waals surface area contributed by atoms with Crippen molar-refractivity contribution in [3.05, 3.63) is 0 Å². The molecule has 21 heavy (non-hydrogen) atoms. The predicted molar refractivity (Wildman–Crippen MR) is 80.3 cm³/mol. The van der Waals surface area contributed by atoms with Gasteiger partial charge < -0.3 is 20.2 Å². The molecule has 2 amide bonds. The molecule has 0 aromatic rings. The number of rotatable bonds is 3. The third kappa shape index (κ3) is 3.67. The van der Waals surface area contributed by atoms with Gasteiger partial charge in [-0.1, -0.05) is 19.3 Å². The highest BCUT2D eigenvalue weighted by Crippen LogP contribution is 2.29. The van der Waals surface area contributed by atoms with E-state index in [1.165, 1.54) is 0 Å². The number of carbonyl (C=O) groups excluding carboxylic acids is 1. The Labute approximate surface area is 126 Å². The number of amides is 2. The van der Waals surface area contributed by atoms with Crippen LogP contribution in [0.4, 0.5) is 4.79 Å². The van der Waals surface area contributed by atoms with Crippen LogP contribution in [-0.2, 0) is 4.79 Å². The summed E-state index contributed by atoms with van der Waals surface area (Å²) in [7, 11) is 4.11. The van der Waals surface area contributed by atoms with Crippen LogP contribution in [-0.4, -0.2) is 65.7 Å². The molecule has 2 fully saturated rings. The van der Waals surface area contributed by atoms with E-state index < -0.39 is 11.5 Å². The molecule has 6 nitrogen and oxygen atoms in total. The highest BCUT2D eigenvalue weighted by molar-refractivity contribution is 5.86. The van der Waals surface area contributed by atoms with Crippen LogP contribution in [0, 0.1) is 0 Å². The molecule has 120 valence electrons. The minimum Gasteiger partial charge on any atom is -0.480 e. The maximum Gasteiger partial charge on any atom is 0.329 e. The average molecular weight is 297 g/mol. The van der Waals surface area contributed by atoms with Crippen LogP contribution in [0.3, 0.4) is 0 Å². The zero-order chi connectivity index (χ0) is 15.5. The Morgan fingerprint density at radius 3 is 2.19 bits per heavy atom. The largest absolute Gasteiger partial charge is 0.480 e. The van der Waals surface area contributed by atoms with E-state index in [9.17, 15) is 14.7 Å². The number of carboxylic acid groups (broad SMARTS) is 1. The lowest BCUT2D eigenvalue weighted by atomic mass is 9.82. The van der Waals surface area contributed by atoms with Crippen LogP contribution >= 0.6 is 0 Å².